The topological polar surface area (TPSA) is 63.3 Å². The number of halogens is 4. The first-order valence-electron chi connectivity index (χ1n) is 4.69. The molecule has 1 rings (SSSR count). The lowest BCUT2D eigenvalue weighted by Gasteiger charge is -2.16. The van der Waals surface area contributed by atoms with Gasteiger partial charge >= 0.3 is 12.1 Å². The minimum Gasteiger partial charge on any atom is -0.481 e. The molecule has 0 spiro atoms. The quantitative estimate of drug-likeness (QED) is 0.661. The SMILES string of the molecule is Nc1cccc(Cl)c1SCC(C(=O)O)C(F)(F)F. The van der Waals surface area contributed by atoms with E-state index in [1.165, 1.54) is 12.1 Å². The molecule has 1 atom stereocenters. The van der Waals surface area contributed by atoms with Crippen LogP contribution in [0.4, 0.5) is 18.9 Å². The summed E-state index contributed by atoms with van der Waals surface area (Å²) in [6, 6.07) is 4.52. The van der Waals surface area contributed by atoms with E-state index in [0.717, 1.165) is 0 Å². The molecule has 0 aliphatic rings. The van der Waals surface area contributed by atoms with Gasteiger partial charge in [-0.2, -0.15) is 13.2 Å². The number of rotatable bonds is 4. The van der Waals surface area contributed by atoms with Crippen molar-refractivity contribution in [1.82, 2.24) is 0 Å². The van der Waals surface area contributed by atoms with Crippen molar-refractivity contribution in [3.63, 3.8) is 0 Å². The first-order chi connectivity index (χ1) is 8.23. The molecule has 0 amide bonds. The van der Waals surface area contributed by atoms with E-state index in [1.807, 2.05) is 0 Å². The first kappa shape index (κ1) is 15.0. The van der Waals surface area contributed by atoms with Crippen LogP contribution in [0.2, 0.25) is 5.02 Å². The van der Waals surface area contributed by atoms with Gasteiger partial charge in [-0.25, -0.2) is 0 Å². The molecule has 1 aromatic carbocycles. The molecule has 0 saturated heterocycles. The number of alkyl halides is 3. The van der Waals surface area contributed by atoms with Crippen molar-refractivity contribution in [2.24, 2.45) is 5.92 Å². The summed E-state index contributed by atoms with van der Waals surface area (Å²) in [5.41, 5.74) is 5.78. The number of anilines is 1. The van der Waals surface area contributed by atoms with E-state index in [4.69, 9.17) is 22.4 Å². The fourth-order valence-corrected chi connectivity index (χ4v) is 2.60. The maximum Gasteiger partial charge on any atom is 0.403 e. The Hall–Kier alpha value is -1.08. The number of nitrogen functional groups attached to an aromatic ring is 1. The molecule has 0 saturated carbocycles. The van der Waals surface area contributed by atoms with Crippen LogP contribution in [0.15, 0.2) is 23.1 Å². The monoisotopic (exact) mass is 299 g/mol. The van der Waals surface area contributed by atoms with E-state index in [9.17, 15) is 18.0 Å². The number of hydrogen-bond acceptors (Lipinski definition) is 3. The Labute approximate surface area is 110 Å². The predicted molar refractivity (Wildman–Crippen MR) is 63.8 cm³/mol. The Morgan fingerprint density at radius 2 is 2.11 bits per heavy atom. The Balaban J connectivity index is 2.83. The normalized spacial score (nSPS) is 13.3. The number of nitrogens with two attached hydrogens (primary N) is 1. The Morgan fingerprint density at radius 1 is 1.50 bits per heavy atom. The van der Waals surface area contributed by atoms with Gasteiger partial charge in [0, 0.05) is 16.3 Å². The van der Waals surface area contributed by atoms with Crippen LogP contribution in [0.1, 0.15) is 0 Å². The van der Waals surface area contributed by atoms with Gasteiger partial charge in [-0.1, -0.05) is 17.7 Å². The molecule has 0 bridgehead atoms. The maximum atomic E-state index is 12.4. The molecule has 0 aromatic heterocycles. The molecule has 1 unspecified atom stereocenters. The third-order valence-electron chi connectivity index (χ3n) is 2.08. The molecule has 0 heterocycles. The Morgan fingerprint density at radius 3 is 2.56 bits per heavy atom. The number of benzene rings is 1. The highest BCUT2D eigenvalue weighted by Crippen LogP contribution is 2.37. The zero-order valence-electron chi connectivity index (χ0n) is 8.87. The summed E-state index contributed by atoms with van der Waals surface area (Å²) >= 11 is 6.46. The van der Waals surface area contributed by atoms with Gasteiger partial charge in [0.05, 0.1) is 5.02 Å². The summed E-state index contributed by atoms with van der Waals surface area (Å²) in [7, 11) is 0. The number of hydrogen-bond donors (Lipinski definition) is 2. The first-order valence-corrected chi connectivity index (χ1v) is 6.06. The van der Waals surface area contributed by atoms with Crippen molar-refractivity contribution in [2.45, 2.75) is 11.1 Å². The van der Waals surface area contributed by atoms with Gasteiger partial charge in [0.15, 0.2) is 5.92 Å². The third-order valence-corrected chi connectivity index (χ3v) is 3.76. The number of aliphatic carboxylic acids is 1. The van der Waals surface area contributed by atoms with Crippen molar-refractivity contribution < 1.29 is 23.1 Å². The van der Waals surface area contributed by atoms with Crippen LogP contribution in [0.3, 0.4) is 0 Å². The summed E-state index contributed by atoms with van der Waals surface area (Å²) in [5, 5.41) is 8.73. The van der Waals surface area contributed by atoms with Gasteiger partial charge in [-0.15, -0.1) is 11.8 Å². The molecule has 0 fully saturated rings. The van der Waals surface area contributed by atoms with E-state index < -0.39 is 23.8 Å². The fraction of sp³-hybridized carbons (Fsp3) is 0.300. The van der Waals surface area contributed by atoms with Gasteiger partial charge in [0.2, 0.25) is 0 Å². The maximum absolute atomic E-state index is 12.4. The second-order valence-corrected chi connectivity index (χ2v) is 4.84. The van der Waals surface area contributed by atoms with E-state index in [2.05, 4.69) is 0 Å². The van der Waals surface area contributed by atoms with Gasteiger partial charge in [-0.3, -0.25) is 4.79 Å². The summed E-state index contributed by atoms with van der Waals surface area (Å²) in [6.07, 6.45) is -4.80. The minimum atomic E-state index is -4.80. The molecule has 1 aromatic rings. The molecule has 3 nitrogen and oxygen atoms in total. The van der Waals surface area contributed by atoms with Crippen molar-refractivity contribution >= 4 is 35.0 Å². The minimum absolute atomic E-state index is 0.200. The van der Waals surface area contributed by atoms with Crippen LogP contribution in [0.25, 0.3) is 0 Å². The van der Waals surface area contributed by atoms with Crippen LogP contribution in [-0.4, -0.2) is 23.0 Å². The smallest absolute Gasteiger partial charge is 0.403 e. The fourth-order valence-electron chi connectivity index (χ4n) is 1.15. The number of carbonyl (C=O) groups is 1. The van der Waals surface area contributed by atoms with Crippen LogP contribution >= 0.6 is 23.4 Å². The molecule has 100 valence electrons. The standard InChI is InChI=1S/C10H9ClF3NO2S/c11-6-2-1-3-7(15)8(6)18-4-5(9(16)17)10(12,13)14/h1-3,5H,4,15H2,(H,16,17). The highest BCUT2D eigenvalue weighted by molar-refractivity contribution is 7.99. The highest BCUT2D eigenvalue weighted by Gasteiger charge is 2.45. The van der Waals surface area contributed by atoms with E-state index in [-0.39, 0.29) is 15.6 Å². The number of carboxylic acid groups (broad SMARTS) is 1. The lowest BCUT2D eigenvalue weighted by molar-refractivity contribution is -0.188. The second-order valence-electron chi connectivity index (χ2n) is 3.40. The average Bonchev–Trinajstić information content (AvgIpc) is 2.19. The van der Waals surface area contributed by atoms with Gasteiger partial charge in [0.1, 0.15) is 0 Å². The van der Waals surface area contributed by atoms with Crippen molar-refractivity contribution in [2.75, 3.05) is 11.5 Å². The summed E-state index contributed by atoms with van der Waals surface area (Å²) in [6.45, 7) is 0. The molecule has 0 aliphatic carbocycles. The molecule has 8 heteroatoms. The highest BCUT2D eigenvalue weighted by atomic mass is 35.5. The van der Waals surface area contributed by atoms with Crippen molar-refractivity contribution in [3.05, 3.63) is 23.2 Å². The zero-order valence-corrected chi connectivity index (χ0v) is 10.4. The van der Waals surface area contributed by atoms with Crippen LogP contribution in [-0.2, 0) is 4.79 Å². The van der Waals surface area contributed by atoms with E-state index in [1.54, 1.807) is 6.07 Å². The lowest BCUT2D eigenvalue weighted by Crippen LogP contribution is -2.32. The Kier molecular flexibility index (Phi) is 4.75. The summed E-state index contributed by atoms with van der Waals surface area (Å²) in [5.74, 6) is -5.04. The molecular formula is C10H9ClF3NO2S. The molecular weight excluding hydrogens is 291 g/mol. The van der Waals surface area contributed by atoms with E-state index in [0.29, 0.717) is 11.8 Å². The molecule has 0 aliphatic heterocycles. The third kappa shape index (κ3) is 3.71. The predicted octanol–water partition coefficient (Wildman–Crippen LogP) is 3.28. The van der Waals surface area contributed by atoms with Crippen molar-refractivity contribution in [1.29, 1.82) is 0 Å². The lowest BCUT2D eigenvalue weighted by atomic mass is 10.2. The Bertz CT molecular complexity index is 433. The molecule has 0 radical (unpaired) electrons. The molecule has 18 heavy (non-hydrogen) atoms. The van der Waals surface area contributed by atoms with Gasteiger partial charge in [0.25, 0.3) is 0 Å². The second kappa shape index (κ2) is 5.71. The average molecular weight is 300 g/mol. The van der Waals surface area contributed by atoms with Gasteiger partial charge in [-0.05, 0) is 12.1 Å². The summed E-state index contributed by atoms with van der Waals surface area (Å²) in [4.78, 5) is 10.8. The summed E-state index contributed by atoms with van der Waals surface area (Å²) < 4.78 is 37.2. The van der Waals surface area contributed by atoms with Crippen LogP contribution in [0.5, 0.6) is 0 Å². The molecule has 3 N–H and O–H groups in total. The zero-order chi connectivity index (χ0) is 13.9. The number of carboxylic acids is 1. The number of thioether (sulfide) groups is 1. The van der Waals surface area contributed by atoms with Gasteiger partial charge < -0.3 is 10.8 Å². The van der Waals surface area contributed by atoms with E-state index >= 15 is 0 Å². The largest absolute Gasteiger partial charge is 0.481 e. The van der Waals surface area contributed by atoms with Crippen LogP contribution < -0.4 is 5.73 Å². The van der Waals surface area contributed by atoms with Crippen molar-refractivity contribution in [3.8, 4) is 0 Å². The van der Waals surface area contributed by atoms with Crippen LogP contribution in [0, 0.1) is 5.92 Å².